The molecule has 6 heteroatoms. The number of nitrogens with one attached hydrogen (secondary N) is 1. The molecule has 4 aromatic rings. The second-order valence-electron chi connectivity index (χ2n) is 8.21. The molecule has 5 nitrogen and oxygen atoms in total. The van der Waals surface area contributed by atoms with Crippen LogP contribution in [0.2, 0.25) is 0 Å². The lowest BCUT2D eigenvalue weighted by Gasteiger charge is -2.29. The summed E-state index contributed by atoms with van der Waals surface area (Å²) in [7, 11) is 0. The molecule has 0 amide bonds. The van der Waals surface area contributed by atoms with Crippen LogP contribution in [-0.2, 0) is 0 Å². The minimum Gasteiger partial charge on any atom is -0.351 e. The summed E-state index contributed by atoms with van der Waals surface area (Å²) in [5, 5.41) is 4.25. The van der Waals surface area contributed by atoms with E-state index in [1.54, 1.807) is 6.20 Å². The molecule has 4 heterocycles. The number of anilines is 1. The number of aromatic nitrogens is 3. The Balaban J connectivity index is 1.71. The first kappa shape index (κ1) is 20.4. The van der Waals surface area contributed by atoms with Gasteiger partial charge in [0.1, 0.15) is 6.04 Å². The van der Waals surface area contributed by atoms with E-state index in [1.165, 1.54) is 11.1 Å². The first-order chi connectivity index (χ1) is 15.5. The molecule has 0 radical (unpaired) electrons. The number of pyridine rings is 2. The van der Waals surface area contributed by atoms with Crippen molar-refractivity contribution in [2.75, 3.05) is 4.90 Å². The second-order valence-corrected chi connectivity index (χ2v) is 8.60. The Bertz CT molecular complexity index is 1270. The van der Waals surface area contributed by atoms with Gasteiger partial charge in [-0.05, 0) is 92.6 Å². The summed E-state index contributed by atoms with van der Waals surface area (Å²) in [6.07, 6.45) is 5.53. The van der Waals surface area contributed by atoms with Crippen LogP contribution in [0.3, 0.4) is 0 Å². The third-order valence-corrected chi connectivity index (χ3v) is 6.49. The van der Waals surface area contributed by atoms with Gasteiger partial charge in [-0.2, -0.15) is 0 Å². The predicted octanol–water partition coefficient (Wildman–Crippen LogP) is 5.37. The van der Waals surface area contributed by atoms with Gasteiger partial charge < -0.3 is 14.8 Å². The molecular formula is C26H25N5S. The van der Waals surface area contributed by atoms with E-state index >= 15 is 0 Å². The summed E-state index contributed by atoms with van der Waals surface area (Å²) in [6, 6.07) is 20.8. The number of hydrogen-bond acceptors (Lipinski definition) is 3. The fourth-order valence-electron chi connectivity index (χ4n) is 4.44. The molecule has 0 spiro atoms. The van der Waals surface area contributed by atoms with Crippen LogP contribution in [0.1, 0.15) is 40.3 Å². The highest BCUT2D eigenvalue weighted by atomic mass is 32.1. The van der Waals surface area contributed by atoms with Gasteiger partial charge in [-0.1, -0.05) is 12.1 Å². The van der Waals surface area contributed by atoms with Crippen molar-refractivity contribution in [3.05, 3.63) is 107 Å². The first-order valence-corrected chi connectivity index (χ1v) is 11.1. The summed E-state index contributed by atoms with van der Waals surface area (Å²) in [6.45, 7) is 6.39. The van der Waals surface area contributed by atoms with Crippen LogP contribution in [0, 0.1) is 20.8 Å². The highest BCUT2D eigenvalue weighted by molar-refractivity contribution is 7.80. The molecule has 1 N–H and O–H groups in total. The van der Waals surface area contributed by atoms with Gasteiger partial charge in [-0.25, -0.2) is 0 Å². The van der Waals surface area contributed by atoms with E-state index in [9.17, 15) is 0 Å². The van der Waals surface area contributed by atoms with Gasteiger partial charge in [0.25, 0.3) is 0 Å². The van der Waals surface area contributed by atoms with Crippen LogP contribution in [0.4, 0.5) is 5.69 Å². The molecule has 1 aromatic carbocycles. The van der Waals surface area contributed by atoms with E-state index in [-0.39, 0.29) is 12.1 Å². The Morgan fingerprint density at radius 3 is 2.47 bits per heavy atom. The van der Waals surface area contributed by atoms with Crippen molar-refractivity contribution in [1.82, 2.24) is 19.9 Å². The van der Waals surface area contributed by atoms with Crippen molar-refractivity contribution in [3.63, 3.8) is 0 Å². The fourth-order valence-corrected chi connectivity index (χ4v) is 4.78. The van der Waals surface area contributed by atoms with Crippen molar-refractivity contribution in [1.29, 1.82) is 0 Å². The highest BCUT2D eigenvalue weighted by Gasteiger charge is 2.42. The van der Waals surface area contributed by atoms with Gasteiger partial charge >= 0.3 is 0 Å². The molecule has 1 aliphatic rings. The average Bonchev–Trinajstić information content (AvgIpc) is 3.36. The molecule has 5 rings (SSSR count). The van der Waals surface area contributed by atoms with E-state index in [2.05, 4.69) is 88.0 Å². The zero-order chi connectivity index (χ0) is 22.2. The molecule has 160 valence electrons. The van der Waals surface area contributed by atoms with Gasteiger partial charge in [0.2, 0.25) is 0 Å². The lowest BCUT2D eigenvalue weighted by Crippen LogP contribution is -2.30. The fraction of sp³-hybridized carbons (Fsp3) is 0.192. The van der Waals surface area contributed by atoms with Crippen LogP contribution in [-0.4, -0.2) is 19.6 Å². The first-order valence-electron chi connectivity index (χ1n) is 10.7. The van der Waals surface area contributed by atoms with Crippen LogP contribution in [0.5, 0.6) is 0 Å². The van der Waals surface area contributed by atoms with Crippen LogP contribution in [0.15, 0.2) is 79.3 Å². The average molecular weight is 440 g/mol. The van der Waals surface area contributed by atoms with E-state index < -0.39 is 0 Å². The smallest absolute Gasteiger partial charge is 0.174 e. The van der Waals surface area contributed by atoms with Crippen molar-refractivity contribution < 1.29 is 0 Å². The number of thiocarbonyl (C=S) groups is 1. The quantitative estimate of drug-likeness (QED) is 0.433. The van der Waals surface area contributed by atoms with Gasteiger partial charge in [0.15, 0.2) is 5.11 Å². The highest BCUT2D eigenvalue weighted by Crippen LogP contribution is 2.43. The molecule has 32 heavy (non-hydrogen) atoms. The van der Waals surface area contributed by atoms with Crippen molar-refractivity contribution in [2.24, 2.45) is 0 Å². The van der Waals surface area contributed by atoms with Crippen molar-refractivity contribution >= 4 is 23.0 Å². The molecule has 0 aliphatic carbocycles. The normalized spacial score (nSPS) is 18.1. The lowest BCUT2D eigenvalue weighted by atomic mass is 10.00. The molecule has 2 atom stereocenters. The number of aryl methyl sites for hydroxylation is 3. The van der Waals surface area contributed by atoms with E-state index in [4.69, 9.17) is 12.2 Å². The minimum atomic E-state index is -0.0879. The predicted molar refractivity (Wildman–Crippen MR) is 132 cm³/mol. The SMILES string of the molecule is Cc1ccc(N2C(=S)NC(c3ccccn3)C2c2ccc(C)n2-c2cccnc2)cc1C. The number of benzene rings is 1. The van der Waals surface area contributed by atoms with E-state index in [1.807, 2.05) is 30.6 Å². The third-order valence-electron chi connectivity index (χ3n) is 6.18. The van der Waals surface area contributed by atoms with Gasteiger partial charge in [-0.15, -0.1) is 0 Å². The Morgan fingerprint density at radius 2 is 1.75 bits per heavy atom. The zero-order valence-electron chi connectivity index (χ0n) is 18.4. The summed E-state index contributed by atoms with van der Waals surface area (Å²) >= 11 is 5.88. The monoisotopic (exact) mass is 439 g/mol. The number of rotatable bonds is 4. The third kappa shape index (κ3) is 3.46. The Labute approximate surface area is 193 Å². The molecule has 0 saturated carbocycles. The number of hydrogen-bond donors (Lipinski definition) is 1. The van der Waals surface area contributed by atoms with Crippen molar-refractivity contribution in [3.8, 4) is 5.69 Å². The van der Waals surface area contributed by atoms with Gasteiger partial charge in [0.05, 0.1) is 23.6 Å². The maximum Gasteiger partial charge on any atom is 0.174 e. The summed E-state index contributed by atoms with van der Waals surface area (Å²) < 4.78 is 2.26. The van der Waals surface area contributed by atoms with E-state index in [0.717, 1.165) is 28.5 Å². The summed E-state index contributed by atoms with van der Waals surface area (Å²) in [5.41, 5.74) is 7.85. The van der Waals surface area contributed by atoms with Gasteiger partial charge in [-0.3, -0.25) is 9.97 Å². The molecule has 2 unspecified atom stereocenters. The number of nitrogens with zero attached hydrogens (tertiary/aromatic N) is 4. The summed E-state index contributed by atoms with van der Waals surface area (Å²) in [4.78, 5) is 11.2. The molecule has 1 fully saturated rings. The molecule has 3 aromatic heterocycles. The van der Waals surface area contributed by atoms with Crippen LogP contribution in [0.25, 0.3) is 5.69 Å². The molecular weight excluding hydrogens is 414 g/mol. The zero-order valence-corrected chi connectivity index (χ0v) is 19.2. The molecule has 1 saturated heterocycles. The Morgan fingerprint density at radius 1 is 0.875 bits per heavy atom. The largest absolute Gasteiger partial charge is 0.351 e. The Hall–Kier alpha value is -3.51. The minimum absolute atomic E-state index is 0.0755. The lowest BCUT2D eigenvalue weighted by molar-refractivity contribution is 0.548. The van der Waals surface area contributed by atoms with Crippen LogP contribution >= 0.6 is 12.2 Å². The molecule has 1 aliphatic heterocycles. The van der Waals surface area contributed by atoms with Crippen molar-refractivity contribution in [2.45, 2.75) is 32.9 Å². The van der Waals surface area contributed by atoms with E-state index in [0.29, 0.717) is 5.11 Å². The standard InChI is InChI=1S/C26H25N5S/c1-17-9-11-20(15-18(17)2)31-25(24(29-26(31)32)22-8-4-5-14-28-22)23-12-10-19(3)30(23)21-7-6-13-27-16-21/h4-16,24-25H,1-3H3,(H,29,32). The van der Waals surface area contributed by atoms with Crippen LogP contribution < -0.4 is 10.2 Å². The topological polar surface area (TPSA) is 46.0 Å². The molecule has 0 bridgehead atoms. The second kappa shape index (κ2) is 8.20. The van der Waals surface area contributed by atoms with Gasteiger partial charge in [0, 0.05) is 29.5 Å². The Kier molecular flexibility index (Phi) is 5.23. The maximum atomic E-state index is 5.88. The summed E-state index contributed by atoms with van der Waals surface area (Å²) in [5.74, 6) is 0. The maximum absolute atomic E-state index is 5.88.